The Morgan fingerprint density at radius 3 is 2.50 bits per heavy atom. The average molecular weight is 298 g/mol. The smallest absolute Gasteiger partial charge is 0.230 e. The van der Waals surface area contributed by atoms with Gasteiger partial charge in [0.1, 0.15) is 6.61 Å². The number of amides is 1. The third-order valence-electron chi connectivity index (χ3n) is 3.72. The largest absolute Gasteiger partial charge is 0.473 e. The number of nitrogens with one attached hydrogen (secondary N) is 1. The first-order valence-electron chi connectivity index (χ1n) is 7.45. The molecule has 4 nitrogen and oxygen atoms in total. The molecule has 1 aromatic heterocycles. The van der Waals surface area contributed by atoms with E-state index < -0.39 is 0 Å². The Labute approximate surface area is 131 Å². The van der Waals surface area contributed by atoms with Gasteiger partial charge in [0.25, 0.3) is 0 Å². The first-order chi connectivity index (χ1) is 10.5. The number of rotatable bonds is 6. The van der Waals surface area contributed by atoms with Crippen molar-refractivity contribution >= 4 is 11.6 Å². The van der Waals surface area contributed by atoms with Crippen molar-refractivity contribution in [2.75, 3.05) is 5.32 Å². The number of aromatic nitrogens is 1. The molecule has 0 bridgehead atoms. The molecule has 2 aromatic rings. The lowest BCUT2D eigenvalue weighted by molar-refractivity contribution is -0.124. The minimum atomic E-state index is -0.386. The van der Waals surface area contributed by atoms with Crippen LogP contribution in [0.25, 0.3) is 0 Å². The van der Waals surface area contributed by atoms with Crippen molar-refractivity contribution in [3.8, 4) is 5.88 Å². The molecule has 0 radical (unpaired) electrons. The zero-order chi connectivity index (χ0) is 16.0. The van der Waals surface area contributed by atoms with Crippen molar-refractivity contribution < 1.29 is 9.53 Å². The molecular formula is C18H22N2O2. The molecule has 0 aliphatic rings. The van der Waals surface area contributed by atoms with E-state index in [1.54, 1.807) is 18.3 Å². The maximum atomic E-state index is 12.1. The predicted molar refractivity (Wildman–Crippen MR) is 87.7 cm³/mol. The van der Waals surface area contributed by atoms with Crippen molar-refractivity contribution in [3.63, 3.8) is 0 Å². The summed E-state index contributed by atoms with van der Waals surface area (Å²) < 4.78 is 5.62. The molecule has 22 heavy (non-hydrogen) atoms. The van der Waals surface area contributed by atoms with Gasteiger partial charge in [-0.3, -0.25) is 4.79 Å². The number of hydrogen-bond acceptors (Lipinski definition) is 3. The van der Waals surface area contributed by atoms with E-state index in [0.717, 1.165) is 12.0 Å². The fourth-order valence-corrected chi connectivity index (χ4v) is 1.73. The molecule has 0 unspecified atom stereocenters. The Balaban J connectivity index is 1.92. The number of carbonyl (C=O) groups excluding carboxylic acids is 1. The van der Waals surface area contributed by atoms with Gasteiger partial charge >= 0.3 is 0 Å². The summed E-state index contributed by atoms with van der Waals surface area (Å²) in [5.74, 6) is 0.534. The van der Waals surface area contributed by atoms with E-state index in [9.17, 15) is 4.79 Å². The van der Waals surface area contributed by atoms with Crippen LogP contribution < -0.4 is 10.1 Å². The molecule has 0 fully saturated rings. The van der Waals surface area contributed by atoms with E-state index in [-0.39, 0.29) is 11.3 Å². The number of anilines is 1. The number of pyridine rings is 1. The van der Waals surface area contributed by atoms with Crippen LogP contribution >= 0.6 is 0 Å². The highest BCUT2D eigenvalue weighted by Gasteiger charge is 2.25. The lowest BCUT2D eigenvalue weighted by Gasteiger charge is -2.21. The van der Waals surface area contributed by atoms with Crippen LogP contribution in [-0.4, -0.2) is 10.9 Å². The second-order valence-electron chi connectivity index (χ2n) is 5.85. The van der Waals surface area contributed by atoms with E-state index in [0.29, 0.717) is 18.2 Å². The first kappa shape index (κ1) is 16.0. The molecule has 1 heterocycles. The summed E-state index contributed by atoms with van der Waals surface area (Å²) in [6, 6.07) is 13.5. The third kappa shape index (κ3) is 4.32. The molecular weight excluding hydrogens is 276 g/mol. The zero-order valence-electron chi connectivity index (χ0n) is 13.3. The molecule has 0 aliphatic heterocycles. The van der Waals surface area contributed by atoms with Crippen molar-refractivity contribution in [3.05, 3.63) is 54.2 Å². The topological polar surface area (TPSA) is 51.2 Å². The fraction of sp³-hybridized carbons (Fsp3) is 0.333. The van der Waals surface area contributed by atoms with Crippen molar-refractivity contribution in [1.82, 2.24) is 4.98 Å². The summed E-state index contributed by atoms with van der Waals surface area (Å²) in [4.78, 5) is 16.3. The molecule has 2 rings (SSSR count). The van der Waals surface area contributed by atoms with Crippen LogP contribution in [0.3, 0.4) is 0 Å². The molecule has 0 spiro atoms. The van der Waals surface area contributed by atoms with Gasteiger partial charge in [0.05, 0.1) is 11.9 Å². The van der Waals surface area contributed by atoms with Gasteiger partial charge in [0, 0.05) is 11.5 Å². The van der Waals surface area contributed by atoms with Gasteiger partial charge in [-0.1, -0.05) is 51.1 Å². The monoisotopic (exact) mass is 298 g/mol. The Morgan fingerprint density at radius 2 is 1.91 bits per heavy atom. The maximum Gasteiger partial charge on any atom is 0.230 e. The normalized spacial score (nSPS) is 11.0. The van der Waals surface area contributed by atoms with Gasteiger partial charge < -0.3 is 10.1 Å². The van der Waals surface area contributed by atoms with E-state index in [2.05, 4.69) is 10.3 Å². The quantitative estimate of drug-likeness (QED) is 0.875. The summed E-state index contributed by atoms with van der Waals surface area (Å²) in [6.45, 7) is 6.32. The summed E-state index contributed by atoms with van der Waals surface area (Å²) >= 11 is 0. The number of carbonyl (C=O) groups is 1. The van der Waals surface area contributed by atoms with Gasteiger partial charge in [-0.15, -0.1) is 0 Å². The van der Waals surface area contributed by atoms with Crippen LogP contribution in [0.5, 0.6) is 5.88 Å². The summed E-state index contributed by atoms with van der Waals surface area (Å²) in [5.41, 5.74) is 1.38. The van der Waals surface area contributed by atoms with Crippen LogP contribution in [-0.2, 0) is 11.4 Å². The third-order valence-corrected chi connectivity index (χ3v) is 3.72. The minimum absolute atomic E-state index is 0.00486. The predicted octanol–water partition coefficient (Wildman–Crippen LogP) is 4.04. The molecule has 0 atom stereocenters. The van der Waals surface area contributed by atoms with Crippen molar-refractivity contribution in [2.45, 2.75) is 33.8 Å². The lowest BCUT2D eigenvalue weighted by Crippen LogP contribution is -2.30. The highest BCUT2D eigenvalue weighted by atomic mass is 16.5. The van der Waals surface area contributed by atoms with E-state index >= 15 is 0 Å². The van der Waals surface area contributed by atoms with E-state index in [1.807, 2.05) is 51.1 Å². The van der Waals surface area contributed by atoms with Gasteiger partial charge in [-0.25, -0.2) is 4.98 Å². The molecule has 0 saturated carbocycles. The lowest BCUT2D eigenvalue weighted by atomic mass is 9.89. The summed E-state index contributed by atoms with van der Waals surface area (Å²) in [7, 11) is 0. The SMILES string of the molecule is CCC(C)(C)C(=O)Nc1ccc(OCc2ccccc2)nc1. The molecule has 0 saturated heterocycles. The van der Waals surface area contributed by atoms with Gasteiger partial charge in [0.2, 0.25) is 11.8 Å². The van der Waals surface area contributed by atoms with Crippen molar-refractivity contribution in [1.29, 1.82) is 0 Å². The van der Waals surface area contributed by atoms with Crippen LogP contribution in [0.15, 0.2) is 48.7 Å². The molecule has 1 amide bonds. The summed E-state index contributed by atoms with van der Waals surface area (Å²) in [5, 5.41) is 2.88. The van der Waals surface area contributed by atoms with Crippen LogP contribution in [0, 0.1) is 5.41 Å². The van der Waals surface area contributed by atoms with Gasteiger partial charge in [-0.2, -0.15) is 0 Å². The Morgan fingerprint density at radius 1 is 1.18 bits per heavy atom. The highest BCUT2D eigenvalue weighted by molar-refractivity contribution is 5.94. The van der Waals surface area contributed by atoms with E-state index in [4.69, 9.17) is 4.74 Å². The Bertz CT molecular complexity index is 607. The van der Waals surface area contributed by atoms with Gasteiger partial charge in [-0.05, 0) is 18.1 Å². The number of nitrogens with zero attached hydrogens (tertiary/aromatic N) is 1. The number of benzene rings is 1. The van der Waals surface area contributed by atoms with Gasteiger partial charge in [0.15, 0.2) is 0 Å². The Hall–Kier alpha value is -2.36. The zero-order valence-corrected chi connectivity index (χ0v) is 13.3. The van der Waals surface area contributed by atoms with Crippen molar-refractivity contribution in [2.24, 2.45) is 5.41 Å². The second-order valence-corrected chi connectivity index (χ2v) is 5.85. The van der Waals surface area contributed by atoms with Crippen LogP contribution in [0.2, 0.25) is 0 Å². The minimum Gasteiger partial charge on any atom is -0.473 e. The molecule has 1 aromatic carbocycles. The Kier molecular flexibility index (Phi) is 5.15. The van der Waals surface area contributed by atoms with Crippen LogP contribution in [0.4, 0.5) is 5.69 Å². The molecule has 116 valence electrons. The fourth-order valence-electron chi connectivity index (χ4n) is 1.73. The number of ether oxygens (including phenoxy) is 1. The first-order valence-corrected chi connectivity index (χ1v) is 7.45. The highest BCUT2D eigenvalue weighted by Crippen LogP contribution is 2.22. The standard InChI is InChI=1S/C18H22N2O2/c1-4-18(2,3)17(21)20-15-10-11-16(19-12-15)22-13-14-8-6-5-7-9-14/h5-12H,4,13H2,1-3H3,(H,20,21). The molecule has 0 aliphatic carbocycles. The molecule has 4 heteroatoms. The summed E-state index contributed by atoms with van der Waals surface area (Å²) in [6.07, 6.45) is 2.40. The van der Waals surface area contributed by atoms with E-state index in [1.165, 1.54) is 0 Å². The van der Waals surface area contributed by atoms with Crippen LogP contribution in [0.1, 0.15) is 32.8 Å². The average Bonchev–Trinajstić information content (AvgIpc) is 2.55. The maximum absolute atomic E-state index is 12.1. The number of hydrogen-bond donors (Lipinski definition) is 1. The second kappa shape index (κ2) is 7.07. The molecule has 1 N–H and O–H groups in total.